The van der Waals surface area contributed by atoms with E-state index < -0.39 is 6.04 Å². The Hall–Kier alpha value is -3.20. The van der Waals surface area contributed by atoms with Crippen molar-refractivity contribution in [3.8, 4) is 5.75 Å². The van der Waals surface area contributed by atoms with Crippen LogP contribution in [-0.2, 0) is 11.8 Å². The lowest BCUT2D eigenvalue weighted by molar-refractivity contribution is -0.119. The first-order chi connectivity index (χ1) is 14.4. The van der Waals surface area contributed by atoms with Crippen molar-refractivity contribution in [2.24, 2.45) is 7.05 Å². The van der Waals surface area contributed by atoms with Gasteiger partial charge in [-0.2, -0.15) is 0 Å². The zero-order valence-electron chi connectivity index (χ0n) is 17.0. The monoisotopic (exact) mass is 426 g/mol. The Kier molecular flexibility index (Phi) is 5.29. The highest BCUT2D eigenvalue weighted by Gasteiger charge is 2.36. The van der Waals surface area contributed by atoms with Crippen LogP contribution in [0.2, 0.25) is 0 Å². The van der Waals surface area contributed by atoms with E-state index >= 15 is 0 Å². The summed E-state index contributed by atoms with van der Waals surface area (Å²) in [4.78, 5) is 45.5. The Balaban J connectivity index is 1.58. The summed E-state index contributed by atoms with van der Waals surface area (Å²) in [5.41, 5.74) is 1.09. The molecule has 0 spiro atoms. The standard InChI is InChI=1S/C21H22N4O4S/c1-12-16-19(22-11-24(2)20(16)27)30-17(12)21(28)25-10-4-5-15(25)18(26)23-13-6-8-14(29-3)9-7-13/h6-9,11,15H,4-5,10H2,1-3H3,(H,23,26). The number of ether oxygens (including phenoxy) is 1. The minimum atomic E-state index is -0.556. The topological polar surface area (TPSA) is 93.5 Å². The zero-order chi connectivity index (χ0) is 21.4. The number of rotatable bonds is 4. The number of likely N-dealkylation sites (tertiary alicyclic amines) is 1. The van der Waals surface area contributed by atoms with E-state index in [1.165, 1.54) is 22.2 Å². The number of aryl methyl sites for hydroxylation is 2. The van der Waals surface area contributed by atoms with E-state index in [-0.39, 0.29) is 17.4 Å². The molecule has 156 valence electrons. The number of carbonyl (C=O) groups is 2. The molecule has 0 radical (unpaired) electrons. The second-order valence-electron chi connectivity index (χ2n) is 7.27. The Morgan fingerprint density at radius 2 is 2.00 bits per heavy atom. The summed E-state index contributed by atoms with van der Waals surface area (Å²) >= 11 is 1.20. The lowest BCUT2D eigenvalue weighted by Gasteiger charge is -2.23. The molecule has 1 aliphatic heterocycles. The van der Waals surface area contributed by atoms with Crippen LogP contribution < -0.4 is 15.6 Å². The number of amides is 2. The van der Waals surface area contributed by atoms with Crippen LogP contribution in [0.15, 0.2) is 35.4 Å². The molecule has 3 heterocycles. The maximum absolute atomic E-state index is 13.3. The fourth-order valence-electron chi connectivity index (χ4n) is 3.73. The molecule has 1 N–H and O–H groups in total. The zero-order valence-corrected chi connectivity index (χ0v) is 17.8. The summed E-state index contributed by atoms with van der Waals surface area (Å²) in [5.74, 6) is 0.245. The van der Waals surface area contributed by atoms with Gasteiger partial charge in [0.05, 0.1) is 23.7 Å². The molecule has 1 saturated heterocycles. The highest BCUT2D eigenvalue weighted by molar-refractivity contribution is 7.20. The number of aromatic nitrogens is 2. The van der Waals surface area contributed by atoms with Gasteiger partial charge >= 0.3 is 0 Å². The fourth-order valence-corrected chi connectivity index (χ4v) is 4.82. The minimum absolute atomic E-state index is 0.178. The summed E-state index contributed by atoms with van der Waals surface area (Å²) in [7, 11) is 3.21. The van der Waals surface area contributed by atoms with Gasteiger partial charge in [0.15, 0.2) is 0 Å². The van der Waals surface area contributed by atoms with Crippen LogP contribution in [0, 0.1) is 6.92 Å². The van der Waals surface area contributed by atoms with E-state index in [9.17, 15) is 14.4 Å². The first kappa shape index (κ1) is 20.1. The highest BCUT2D eigenvalue weighted by atomic mass is 32.1. The van der Waals surface area contributed by atoms with Crippen molar-refractivity contribution in [1.82, 2.24) is 14.5 Å². The Morgan fingerprint density at radius 1 is 1.27 bits per heavy atom. The summed E-state index contributed by atoms with van der Waals surface area (Å²) in [6.07, 6.45) is 2.80. The van der Waals surface area contributed by atoms with Crippen LogP contribution in [0.25, 0.3) is 10.2 Å². The van der Waals surface area contributed by atoms with Crippen LogP contribution in [0.4, 0.5) is 5.69 Å². The van der Waals surface area contributed by atoms with Crippen molar-refractivity contribution in [2.45, 2.75) is 25.8 Å². The fraction of sp³-hybridized carbons (Fsp3) is 0.333. The van der Waals surface area contributed by atoms with Crippen molar-refractivity contribution in [3.05, 3.63) is 51.4 Å². The lowest BCUT2D eigenvalue weighted by atomic mass is 10.1. The summed E-state index contributed by atoms with van der Waals surface area (Å²) in [6, 6.07) is 6.49. The average molecular weight is 426 g/mol. The van der Waals surface area contributed by atoms with Crippen LogP contribution in [0.5, 0.6) is 5.75 Å². The second-order valence-corrected chi connectivity index (χ2v) is 8.27. The van der Waals surface area contributed by atoms with Crippen molar-refractivity contribution in [3.63, 3.8) is 0 Å². The normalized spacial score (nSPS) is 16.1. The summed E-state index contributed by atoms with van der Waals surface area (Å²) in [5, 5.41) is 3.34. The van der Waals surface area contributed by atoms with Crippen LogP contribution in [-0.4, -0.2) is 46.0 Å². The van der Waals surface area contributed by atoms with E-state index in [1.807, 2.05) is 0 Å². The molecule has 1 aromatic carbocycles. The summed E-state index contributed by atoms with van der Waals surface area (Å²) < 4.78 is 6.53. The predicted molar refractivity (Wildman–Crippen MR) is 115 cm³/mol. The average Bonchev–Trinajstić information content (AvgIpc) is 3.36. The Morgan fingerprint density at radius 3 is 2.70 bits per heavy atom. The SMILES string of the molecule is COc1ccc(NC(=O)C2CCCN2C(=O)c2sc3ncn(C)c(=O)c3c2C)cc1. The number of benzene rings is 1. The van der Waals surface area contributed by atoms with E-state index in [0.29, 0.717) is 45.1 Å². The highest BCUT2D eigenvalue weighted by Crippen LogP contribution is 2.30. The lowest BCUT2D eigenvalue weighted by Crippen LogP contribution is -2.43. The number of hydrogen-bond donors (Lipinski definition) is 1. The molecule has 0 aliphatic carbocycles. The number of fused-ring (bicyclic) bond motifs is 1. The maximum atomic E-state index is 13.3. The van der Waals surface area contributed by atoms with Gasteiger partial charge in [0.25, 0.3) is 11.5 Å². The molecular formula is C21H22N4O4S. The molecule has 1 aliphatic rings. The van der Waals surface area contributed by atoms with Crippen LogP contribution >= 0.6 is 11.3 Å². The van der Waals surface area contributed by atoms with E-state index in [0.717, 1.165) is 6.42 Å². The number of anilines is 1. The molecule has 3 aromatic rings. The molecule has 1 fully saturated rings. The van der Waals surface area contributed by atoms with Crippen LogP contribution in [0.3, 0.4) is 0 Å². The van der Waals surface area contributed by atoms with Gasteiger partial charge in [-0.15, -0.1) is 11.3 Å². The molecular weight excluding hydrogens is 404 g/mol. The maximum Gasteiger partial charge on any atom is 0.264 e. The third-order valence-corrected chi connectivity index (χ3v) is 6.57. The number of nitrogens with zero attached hydrogens (tertiary/aromatic N) is 3. The summed E-state index contributed by atoms with van der Waals surface area (Å²) in [6.45, 7) is 2.26. The molecule has 4 rings (SSSR count). The van der Waals surface area contributed by atoms with Gasteiger partial charge < -0.3 is 19.5 Å². The quantitative estimate of drug-likeness (QED) is 0.692. The third-order valence-electron chi connectivity index (χ3n) is 5.38. The first-order valence-corrected chi connectivity index (χ1v) is 10.4. The van der Waals surface area contributed by atoms with Gasteiger partial charge in [-0.05, 0) is 49.6 Å². The number of methoxy groups -OCH3 is 1. The minimum Gasteiger partial charge on any atom is -0.497 e. The molecule has 30 heavy (non-hydrogen) atoms. The van der Waals surface area contributed by atoms with Gasteiger partial charge in [0.2, 0.25) is 5.91 Å². The van der Waals surface area contributed by atoms with Gasteiger partial charge in [0.1, 0.15) is 16.6 Å². The van der Waals surface area contributed by atoms with Gasteiger partial charge in [-0.3, -0.25) is 14.4 Å². The Bertz CT molecular complexity index is 1180. The molecule has 2 amide bonds. The van der Waals surface area contributed by atoms with Crippen molar-refractivity contribution >= 4 is 39.1 Å². The van der Waals surface area contributed by atoms with Gasteiger partial charge in [0, 0.05) is 19.3 Å². The molecule has 1 atom stereocenters. The van der Waals surface area contributed by atoms with Gasteiger partial charge in [-0.25, -0.2) is 4.98 Å². The van der Waals surface area contributed by atoms with Crippen molar-refractivity contribution < 1.29 is 14.3 Å². The largest absolute Gasteiger partial charge is 0.497 e. The number of nitrogens with one attached hydrogen (secondary N) is 1. The smallest absolute Gasteiger partial charge is 0.264 e. The van der Waals surface area contributed by atoms with E-state index in [4.69, 9.17) is 4.74 Å². The van der Waals surface area contributed by atoms with Crippen molar-refractivity contribution in [2.75, 3.05) is 19.0 Å². The van der Waals surface area contributed by atoms with Crippen molar-refractivity contribution in [1.29, 1.82) is 0 Å². The molecule has 0 bridgehead atoms. The molecule has 2 aromatic heterocycles. The van der Waals surface area contributed by atoms with E-state index in [1.54, 1.807) is 50.2 Å². The predicted octanol–water partition coefficient (Wildman–Crippen LogP) is 2.56. The molecule has 0 saturated carbocycles. The second kappa shape index (κ2) is 7.91. The number of hydrogen-bond acceptors (Lipinski definition) is 6. The van der Waals surface area contributed by atoms with Crippen LogP contribution in [0.1, 0.15) is 28.1 Å². The van der Waals surface area contributed by atoms with Gasteiger partial charge in [-0.1, -0.05) is 0 Å². The number of carbonyl (C=O) groups excluding carboxylic acids is 2. The molecule has 1 unspecified atom stereocenters. The third kappa shape index (κ3) is 3.45. The molecule has 8 nitrogen and oxygen atoms in total. The Labute approximate surface area is 177 Å². The number of thiophene rings is 1. The molecule has 9 heteroatoms. The van der Waals surface area contributed by atoms with E-state index in [2.05, 4.69) is 10.3 Å². The first-order valence-electron chi connectivity index (χ1n) is 9.61.